The van der Waals surface area contributed by atoms with Gasteiger partial charge in [-0.05, 0) is 52.3 Å². The van der Waals surface area contributed by atoms with Gasteiger partial charge in [-0.3, -0.25) is 0 Å². The molecule has 174 valence electrons. The van der Waals surface area contributed by atoms with Crippen LogP contribution in [-0.2, 0) is 14.8 Å². The summed E-state index contributed by atoms with van der Waals surface area (Å²) >= 11 is 0. The van der Waals surface area contributed by atoms with E-state index in [0.717, 1.165) is 16.7 Å². The number of benzene rings is 2. The van der Waals surface area contributed by atoms with E-state index in [4.69, 9.17) is 4.74 Å². The fourth-order valence-electron chi connectivity index (χ4n) is 3.80. The van der Waals surface area contributed by atoms with Crippen molar-refractivity contribution >= 4 is 16.1 Å². The number of aryl methyl sites for hydroxylation is 2. The first kappa shape index (κ1) is 24.2. The predicted molar refractivity (Wildman–Crippen MR) is 123 cm³/mol. The number of nitrogens with one attached hydrogen (secondary N) is 1. The Morgan fingerprint density at radius 2 is 1.56 bits per heavy atom. The molecule has 1 aliphatic rings. The molecule has 32 heavy (non-hydrogen) atoms. The van der Waals surface area contributed by atoms with E-state index in [2.05, 4.69) is 5.32 Å². The van der Waals surface area contributed by atoms with Crippen molar-refractivity contribution in [2.75, 3.05) is 13.1 Å². The van der Waals surface area contributed by atoms with Gasteiger partial charge in [-0.1, -0.05) is 47.5 Å². The fourth-order valence-corrected chi connectivity index (χ4v) is 5.30. The molecule has 1 fully saturated rings. The van der Waals surface area contributed by atoms with Gasteiger partial charge < -0.3 is 15.2 Å². The highest BCUT2D eigenvalue weighted by molar-refractivity contribution is 7.89. The summed E-state index contributed by atoms with van der Waals surface area (Å²) in [5, 5.41) is 13.7. The van der Waals surface area contributed by atoms with Gasteiger partial charge in [-0.25, -0.2) is 13.2 Å². The second-order valence-corrected chi connectivity index (χ2v) is 11.3. The number of nitrogens with zero attached hydrogens (tertiary/aromatic N) is 1. The van der Waals surface area contributed by atoms with E-state index >= 15 is 0 Å². The molecule has 1 saturated heterocycles. The number of aliphatic hydroxyl groups excluding tert-OH is 1. The van der Waals surface area contributed by atoms with Crippen LogP contribution >= 0.6 is 0 Å². The van der Waals surface area contributed by atoms with Crippen LogP contribution in [0.2, 0.25) is 0 Å². The molecule has 0 saturated carbocycles. The maximum Gasteiger partial charge on any atom is 0.408 e. The Morgan fingerprint density at radius 1 is 1.03 bits per heavy atom. The summed E-state index contributed by atoms with van der Waals surface area (Å²) in [4.78, 5) is 12.7. The SMILES string of the molecule is Cc1ccc([C@H](NC(=O)OC(C)(C)C)[C@H]2CN(S(=O)(=O)c3ccc(C)cc3)C[C@H]2O)cc1. The third-order valence-corrected chi connectivity index (χ3v) is 7.34. The lowest BCUT2D eigenvalue weighted by Crippen LogP contribution is -2.41. The third-order valence-electron chi connectivity index (χ3n) is 5.49. The van der Waals surface area contributed by atoms with Crippen LogP contribution in [0.15, 0.2) is 53.4 Å². The van der Waals surface area contributed by atoms with Crippen molar-refractivity contribution in [3.8, 4) is 0 Å². The Hall–Kier alpha value is -2.42. The van der Waals surface area contributed by atoms with Crippen LogP contribution in [0.4, 0.5) is 4.79 Å². The van der Waals surface area contributed by atoms with Crippen LogP contribution in [0.5, 0.6) is 0 Å². The lowest BCUT2D eigenvalue weighted by molar-refractivity contribution is 0.0451. The largest absolute Gasteiger partial charge is 0.444 e. The number of amides is 1. The Labute approximate surface area is 190 Å². The van der Waals surface area contributed by atoms with Crippen molar-refractivity contribution in [2.24, 2.45) is 5.92 Å². The lowest BCUT2D eigenvalue weighted by atomic mass is 9.90. The molecule has 0 aliphatic carbocycles. The molecule has 1 amide bonds. The van der Waals surface area contributed by atoms with Gasteiger partial charge in [-0.2, -0.15) is 4.31 Å². The van der Waals surface area contributed by atoms with E-state index in [1.54, 1.807) is 45.0 Å². The van der Waals surface area contributed by atoms with Gasteiger partial charge in [0.15, 0.2) is 0 Å². The first-order valence-corrected chi connectivity index (χ1v) is 12.1. The first-order chi connectivity index (χ1) is 14.9. The predicted octanol–water partition coefficient (Wildman–Crippen LogP) is 3.55. The molecule has 0 bridgehead atoms. The van der Waals surface area contributed by atoms with Crippen molar-refractivity contribution in [1.29, 1.82) is 0 Å². The first-order valence-electron chi connectivity index (χ1n) is 10.7. The van der Waals surface area contributed by atoms with Gasteiger partial charge in [0.25, 0.3) is 0 Å². The number of hydrogen-bond donors (Lipinski definition) is 2. The van der Waals surface area contributed by atoms with E-state index in [1.165, 1.54) is 4.31 Å². The van der Waals surface area contributed by atoms with Gasteiger partial charge in [0.1, 0.15) is 5.60 Å². The van der Waals surface area contributed by atoms with Gasteiger partial charge in [-0.15, -0.1) is 0 Å². The molecule has 0 radical (unpaired) electrons. The quantitative estimate of drug-likeness (QED) is 0.711. The molecular formula is C24H32N2O5S. The lowest BCUT2D eigenvalue weighted by Gasteiger charge is -2.29. The average molecular weight is 461 g/mol. The number of carbonyl (C=O) groups excluding carboxylic acids is 1. The zero-order valence-corrected chi connectivity index (χ0v) is 20.0. The summed E-state index contributed by atoms with van der Waals surface area (Å²) in [5.41, 5.74) is 2.11. The van der Waals surface area contributed by atoms with Crippen LogP contribution in [0, 0.1) is 19.8 Å². The standard InChI is InChI=1S/C24H32N2O5S/c1-16-6-10-18(11-7-16)22(25-23(28)31-24(3,4)5)20-14-26(15-21(20)27)32(29,30)19-12-8-17(2)9-13-19/h6-13,20-22,27H,14-15H2,1-5H3,(H,25,28)/t20-,21+,22-/m0/s1. The van der Waals surface area contributed by atoms with Crippen molar-refractivity contribution in [3.05, 3.63) is 65.2 Å². The van der Waals surface area contributed by atoms with Crippen LogP contribution in [0.1, 0.15) is 43.5 Å². The van der Waals surface area contributed by atoms with Crippen LogP contribution in [-0.4, -0.2) is 48.7 Å². The minimum absolute atomic E-state index is 0.0424. The normalized spacial score (nSPS) is 20.7. The van der Waals surface area contributed by atoms with E-state index in [-0.39, 0.29) is 18.0 Å². The molecule has 2 aromatic carbocycles. The summed E-state index contributed by atoms with van der Waals surface area (Å²) in [6.07, 6.45) is -1.56. The summed E-state index contributed by atoms with van der Waals surface area (Å²) < 4.78 is 33.0. The number of ether oxygens (including phenoxy) is 1. The van der Waals surface area contributed by atoms with Crippen LogP contribution < -0.4 is 5.32 Å². The molecule has 8 heteroatoms. The monoisotopic (exact) mass is 460 g/mol. The highest BCUT2D eigenvalue weighted by atomic mass is 32.2. The summed E-state index contributed by atoms with van der Waals surface area (Å²) in [6.45, 7) is 9.20. The number of sulfonamides is 1. The van der Waals surface area contributed by atoms with Crippen molar-refractivity contribution in [1.82, 2.24) is 9.62 Å². The van der Waals surface area contributed by atoms with Crippen LogP contribution in [0.25, 0.3) is 0 Å². The van der Waals surface area contributed by atoms with Gasteiger partial charge >= 0.3 is 6.09 Å². The number of alkyl carbamates (subject to hydrolysis) is 1. The highest BCUT2D eigenvalue weighted by Crippen LogP contribution is 2.34. The Kier molecular flexibility index (Phi) is 6.97. The second kappa shape index (κ2) is 9.21. The Balaban J connectivity index is 1.88. The number of β-amino-alcohol motifs (C(OH)–C–C–N with tert-alkyl or cyclic N) is 1. The molecule has 3 atom stereocenters. The van der Waals surface area contributed by atoms with Gasteiger partial charge in [0, 0.05) is 19.0 Å². The Bertz CT molecular complexity index is 1040. The molecule has 3 rings (SSSR count). The molecule has 0 aromatic heterocycles. The molecule has 2 N–H and O–H groups in total. The number of hydrogen-bond acceptors (Lipinski definition) is 5. The highest BCUT2D eigenvalue weighted by Gasteiger charge is 2.43. The maximum atomic E-state index is 13.2. The Morgan fingerprint density at radius 3 is 2.09 bits per heavy atom. The molecule has 0 spiro atoms. The van der Waals surface area contributed by atoms with Crippen LogP contribution in [0.3, 0.4) is 0 Å². The second-order valence-electron chi connectivity index (χ2n) is 9.40. The van der Waals surface area contributed by atoms with Crippen molar-refractivity contribution in [3.63, 3.8) is 0 Å². The molecule has 2 aromatic rings. The zero-order valence-electron chi connectivity index (χ0n) is 19.2. The molecule has 0 unspecified atom stereocenters. The van der Waals surface area contributed by atoms with E-state index in [9.17, 15) is 18.3 Å². The van der Waals surface area contributed by atoms with Gasteiger partial charge in [0.2, 0.25) is 10.0 Å². The van der Waals surface area contributed by atoms with Crippen molar-refractivity contribution in [2.45, 2.75) is 57.3 Å². The molecule has 1 heterocycles. The number of carbonyl (C=O) groups is 1. The summed E-state index contributed by atoms with van der Waals surface area (Å²) in [6, 6.07) is 13.6. The zero-order chi connectivity index (χ0) is 23.7. The maximum absolute atomic E-state index is 13.2. The fraction of sp³-hybridized carbons (Fsp3) is 0.458. The molecular weight excluding hydrogens is 428 g/mol. The minimum Gasteiger partial charge on any atom is -0.444 e. The summed E-state index contributed by atoms with van der Waals surface area (Å²) in [5.74, 6) is -0.537. The third kappa shape index (κ3) is 5.68. The van der Waals surface area contributed by atoms with E-state index < -0.39 is 39.8 Å². The molecule has 1 aliphatic heterocycles. The number of rotatable bonds is 5. The smallest absolute Gasteiger partial charge is 0.408 e. The van der Waals surface area contributed by atoms with Crippen molar-refractivity contribution < 1.29 is 23.1 Å². The van der Waals surface area contributed by atoms with E-state index in [0.29, 0.717) is 0 Å². The number of aliphatic hydroxyl groups is 1. The average Bonchev–Trinajstić information content (AvgIpc) is 3.08. The molecule has 7 nitrogen and oxygen atoms in total. The minimum atomic E-state index is -3.77. The van der Waals surface area contributed by atoms with E-state index in [1.807, 2.05) is 38.1 Å². The van der Waals surface area contributed by atoms with Gasteiger partial charge in [0.05, 0.1) is 17.0 Å². The topological polar surface area (TPSA) is 95.9 Å². The summed E-state index contributed by atoms with van der Waals surface area (Å²) in [7, 11) is -3.77.